The minimum Gasteiger partial charge on any atom is -0.339 e. The van der Waals surface area contributed by atoms with Gasteiger partial charge in [-0.25, -0.2) is 0 Å². The molecule has 19 heavy (non-hydrogen) atoms. The number of aromatic nitrogens is 1. The fraction of sp³-hybridized carbons (Fsp3) is 0.333. The maximum atomic E-state index is 12.5. The summed E-state index contributed by atoms with van der Waals surface area (Å²) in [6, 6.07) is 8.78. The summed E-state index contributed by atoms with van der Waals surface area (Å²) in [7, 11) is 0. The molecule has 0 aliphatic carbocycles. The maximum Gasteiger partial charge on any atom is 0.255 e. The van der Waals surface area contributed by atoms with E-state index in [4.69, 9.17) is 0 Å². The minimum absolute atomic E-state index is 0.0205. The van der Waals surface area contributed by atoms with E-state index >= 15 is 0 Å². The van der Waals surface area contributed by atoms with E-state index in [0.717, 1.165) is 31.3 Å². The van der Waals surface area contributed by atoms with E-state index in [2.05, 4.69) is 4.98 Å². The number of amides is 1. The van der Waals surface area contributed by atoms with Gasteiger partial charge in [0.05, 0.1) is 11.1 Å². The van der Waals surface area contributed by atoms with Crippen molar-refractivity contribution in [3.05, 3.63) is 46.2 Å². The van der Waals surface area contributed by atoms with Crippen molar-refractivity contribution in [2.45, 2.75) is 19.3 Å². The van der Waals surface area contributed by atoms with Gasteiger partial charge in [0.2, 0.25) is 5.56 Å². The largest absolute Gasteiger partial charge is 0.339 e. The molecular weight excluding hydrogens is 240 g/mol. The molecule has 1 N–H and O–H groups in total. The second kappa shape index (κ2) is 4.88. The molecule has 1 aromatic carbocycles. The van der Waals surface area contributed by atoms with E-state index in [0.29, 0.717) is 11.1 Å². The quantitative estimate of drug-likeness (QED) is 0.850. The summed E-state index contributed by atoms with van der Waals surface area (Å²) in [6.07, 6.45) is 3.32. The van der Waals surface area contributed by atoms with Crippen molar-refractivity contribution in [2.75, 3.05) is 13.1 Å². The third kappa shape index (κ3) is 2.26. The number of H-pyrrole nitrogens is 1. The van der Waals surface area contributed by atoms with Gasteiger partial charge in [0.25, 0.3) is 5.91 Å². The van der Waals surface area contributed by atoms with Gasteiger partial charge >= 0.3 is 0 Å². The average Bonchev–Trinajstić information content (AvgIpc) is 2.47. The molecule has 2 heterocycles. The van der Waals surface area contributed by atoms with Crippen molar-refractivity contribution < 1.29 is 4.79 Å². The molecule has 0 unspecified atom stereocenters. The highest BCUT2D eigenvalue weighted by Gasteiger charge is 2.20. The lowest BCUT2D eigenvalue weighted by Gasteiger charge is -2.27. The molecule has 1 aromatic heterocycles. The second-order valence-corrected chi connectivity index (χ2v) is 4.95. The molecule has 1 fully saturated rings. The number of benzene rings is 1. The van der Waals surface area contributed by atoms with Crippen LogP contribution in [0.2, 0.25) is 0 Å². The molecule has 1 amide bonds. The number of hydrogen-bond acceptors (Lipinski definition) is 2. The lowest BCUT2D eigenvalue weighted by atomic mass is 10.1. The predicted molar refractivity (Wildman–Crippen MR) is 74.3 cm³/mol. The van der Waals surface area contributed by atoms with Crippen LogP contribution in [-0.4, -0.2) is 28.9 Å². The zero-order valence-corrected chi connectivity index (χ0v) is 10.7. The first-order valence-electron chi connectivity index (χ1n) is 6.67. The SMILES string of the molecule is O=C(c1cccc2ccc(=O)[nH]c12)N1CCCCC1. The lowest BCUT2D eigenvalue weighted by molar-refractivity contribution is 0.0726. The number of likely N-dealkylation sites (tertiary alicyclic amines) is 1. The molecule has 2 aromatic rings. The highest BCUT2D eigenvalue weighted by molar-refractivity contribution is 6.05. The molecule has 0 saturated carbocycles. The van der Waals surface area contributed by atoms with Crippen molar-refractivity contribution in [3.63, 3.8) is 0 Å². The number of nitrogens with one attached hydrogen (secondary N) is 1. The van der Waals surface area contributed by atoms with Crippen molar-refractivity contribution in [1.29, 1.82) is 0 Å². The number of carbonyl (C=O) groups excluding carboxylic acids is 1. The normalized spacial score (nSPS) is 15.7. The Morgan fingerprint density at radius 1 is 1.05 bits per heavy atom. The van der Waals surface area contributed by atoms with Gasteiger partial charge < -0.3 is 9.88 Å². The Morgan fingerprint density at radius 3 is 2.63 bits per heavy atom. The monoisotopic (exact) mass is 256 g/mol. The zero-order valence-electron chi connectivity index (χ0n) is 10.7. The summed E-state index contributed by atoms with van der Waals surface area (Å²) in [6.45, 7) is 1.62. The predicted octanol–water partition coefficient (Wildman–Crippen LogP) is 2.15. The van der Waals surface area contributed by atoms with Gasteiger partial charge in [-0.15, -0.1) is 0 Å². The van der Waals surface area contributed by atoms with E-state index in [1.807, 2.05) is 17.0 Å². The summed E-state index contributed by atoms with van der Waals surface area (Å²) in [4.78, 5) is 28.6. The molecule has 1 aliphatic heterocycles. The number of hydrogen-bond donors (Lipinski definition) is 1. The van der Waals surface area contributed by atoms with Crippen LogP contribution in [0.4, 0.5) is 0 Å². The Hall–Kier alpha value is -2.10. The molecule has 4 heteroatoms. The van der Waals surface area contributed by atoms with E-state index in [1.54, 1.807) is 12.1 Å². The molecule has 1 aliphatic rings. The van der Waals surface area contributed by atoms with Crippen LogP contribution in [0.1, 0.15) is 29.6 Å². The average molecular weight is 256 g/mol. The molecule has 0 bridgehead atoms. The first kappa shape index (κ1) is 12.0. The van der Waals surface area contributed by atoms with Crippen LogP contribution in [0, 0.1) is 0 Å². The smallest absolute Gasteiger partial charge is 0.255 e. The molecule has 98 valence electrons. The lowest BCUT2D eigenvalue weighted by Crippen LogP contribution is -2.35. The van der Waals surface area contributed by atoms with Gasteiger partial charge in [-0.2, -0.15) is 0 Å². The minimum atomic E-state index is -0.175. The molecular formula is C15H16N2O2. The fourth-order valence-corrected chi connectivity index (χ4v) is 2.62. The summed E-state index contributed by atoms with van der Waals surface area (Å²) >= 11 is 0. The Morgan fingerprint density at radius 2 is 1.84 bits per heavy atom. The fourth-order valence-electron chi connectivity index (χ4n) is 2.62. The summed E-state index contributed by atoms with van der Waals surface area (Å²) < 4.78 is 0. The standard InChI is InChI=1S/C15H16N2O2/c18-13-8-7-11-5-4-6-12(14(11)16-13)15(19)17-9-2-1-3-10-17/h4-8H,1-3,9-10H2,(H,16,18). The Balaban J connectivity index is 2.06. The number of piperidine rings is 1. The van der Waals surface area contributed by atoms with E-state index in [-0.39, 0.29) is 11.5 Å². The molecule has 0 atom stereocenters. The van der Waals surface area contributed by atoms with Gasteiger partial charge in [0.15, 0.2) is 0 Å². The van der Waals surface area contributed by atoms with Crippen LogP contribution >= 0.6 is 0 Å². The third-order valence-corrected chi connectivity index (χ3v) is 3.63. The van der Waals surface area contributed by atoms with Gasteiger partial charge in [0.1, 0.15) is 0 Å². The molecule has 4 nitrogen and oxygen atoms in total. The van der Waals surface area contributed by atoms with Crippen LogP contribution < -0.4 is 5.56 Å². The molecule has 0 radical (unpaired) electrons. The summed E-state index contributed by atoms with van der Waals surface area (Å²) in [5, 5.41) is 0.891. The number of carbonyl (C=O) groups is 1. The van der Waals surface area contributed by atoms with Crippen LogP contribution in [0.5, 0.6) is 0 Å². The maximum absolute atomic E-state index is 12.5. The van der Waals surface area contributed by atoms with E-state index < -0.39 is 0 Å². The number of fused-ring (bicyclic) bond motifs is 1. The topological polar surface area (TPSA) is 53.2 Å². The van der Waals surface area contributed by atoms with E-state index in [1.165, 1.54) is 12.5 Å². The highest BCUT2D eigenvalue weighted by Crippen LogP contribution is 2.19. The number of para-hydroxylation sites is 1. The molecule has 3 rings (SSSR count). The van der Waals surface area contributed by atoms with Crippen molar-refractivity contribution in [2.24, 2.45) is 0 Å². The first-order chi connectivity index (χ1) is 9.25. The second-order valence-electron chi connectivity index (χ2n) is 4.95. The number of pyridine rings is 1. The molecule has 1 saturated heterocycles. The van der Waals surface area contributed by atoms with Crippen molar-refractivity contribution in [1.82, 2.24) is 9.88 Å². The zero-order chi connectivity index (χ0) is 13.2. The highest BCUT2D eigenvalue weighted by atomic mass is 16.2. The number of rotatable bonds is 1. The summed E-state index contributed by atoms with van der Waals surface area (Å²) in [5.74, 6) is 0.0205. The van der Waals surface area contributed by atoms with Gasteiger partial charge in [0, 0.05) is 19.2 Å². The van der Waals surface area contributed by atoms with Crippen molar-refractivity contribution >= 4 is 16.8 Å². The number of aromatic amines is 1. The Labute approximate surface area is 111 Å². The first-order valence-corrected chi connectivity index (χ1v) is 6.67. The van der Waals surface area contributed by atoms with Crippen LogP contribution in [0.25, 0.3) is 10.9 Å². The van der Waals surface area contributed by atoms with Gasteiger partial charge in [-0.1, -0.05) is 12.1 Å². The van der Waals surface area contributed by atoms with Crippen LogP contribution in [0.15, 0.2) is 35.1 Å². The van der Waals surface area contributed by atoms with Crippen molar-refractivity contribution in [3.8, 4) is 0 Å². The van der Waals surface area contributed by atoms with Crippen LogP contribution in [-0.2, 0) is 0 Å². The number of nitrogens with zero attached hydrogens (tertiary/aromatic N) is 1. The van der Waals surface area contributed by atoms with Gasteiger partial charge in [-0.05, 0) is 36.8 Å². The van der Waals surface area contributed by atoms with Crippen LogP contribution in [0.3, 0.4) is 0 Å². The Bertz CT molecular complexity index is 669. The summed E-state index contributed by atoms with van der Waals surface area (Å²) in [5.41, 5.74) is 1.06. The Kier molecular flexibility index (Phi) is 3.07. The van der Waals surface area contributed by atoms with E-state index in [9.17, 15) is 9.59 Å². The van der Waals surface area contributed by atoms with Gasteiger partial charge in [-0.3, -0.25) is 9.59 Å². The third-order valence-electron chi connectivity index (χ3n) is 3.63. The molecule has 0 spiro atoms.